The SMILES string of the molecule is C=CC(C=CC)CCC. The molecule has 0 aromatic carbocycles. The maximum atomic E-state index is 3.75. The van der Waals surface area contributed by atoms with Crippen LogP contribution in [0.25, 0.3) is 0 Å². The normalized spacial score (nSPS) is 14.0. The van der Waals surface area contributed by atoms with Crippen molar-refractivity contribution in [3.05, 3.63) is 24.8 Å². The van der Waals surface area contributed by atoms with Crippen LogP contribution in [-0.4, -0.2) is 0 Å². The summed E-state index contributed by atoms with van der Waals surface area (Å²) in [6.07, 6.45) is 8.75. The molecule has 0 aliphatic carbocycles. The molecule has 1 atom stereocenters. The van der Waals surface area contributed by atoms with Gasteiger partial charge in [-0.15, -0.1) is 6.58 Å². The number of hydrogen-bond acceptors (Lipinski definition) is 0. The fourth-order valence-electron chi connectivity index (χ4n) is 0.873. The van der Waals surface area contributed by atoms with E-state index >= 15 is 0 Å². The van der Waals surface area contributed by atoms with Crippen molar-refractivity contribution >= 4 is 0 Å². The predicted molar refractivity (Wildman–Crippen MR) is 43.4 cm³/mol. The Bertz CT molecular complexity index is 90.2. The van der Waals surface area contributed by atoms with Crippen LogP contribution >= 0.6 is 0 Å². The molecular weight excluding hydrogens is 108 g/mol. The molecule has 0 nitrogen and oxygen atoms in total. The molecular formula is C9H16. The fourth-order valence-corrected chi connectivity index (χ4v) is 0.873. The first-order valence-electron chi connectivity index (χ1n) is 3.60. The molecule has 0 spiro atoms. The maximum Gasteiger partial charge on any atom is -0.00564 e. The van der Waals surface area contributed by atoms with Crippen molar-refractivity contribution < 1.29 is 0 Å². The van der Waals surface area contributed by atoms with Gasteiger partial charge in [-0.05, 0) is 19.3 Å². The molecule has 9 heavy (non-hydrogen) atoms. The Morgan fingerprint density at radius 2 is 2.22 bits per heavy atom. The third-order valence-electron chi connectivity index (χ3n) is 1.36. The summed E-state index contributed by atoms with van der Waals surface area (Å²) in [6, 6.07) is 0. The number of allylic oxidation sites excluding steroid dienone is 3. The van der Waals surface area contributed by atoms with Gasteiger partial charge in [0.2, 0.25) is 0 Å². The van der Waals surface area contributed by atoms with Gasteiger partial charge < -0.3 is 0 Å². The van der Waals surface area contributed by atoms with E-state index in [1.54, 1.807) is 0 Å². The lowest BCUT2D eigenvalue weighted by atomic mass is 10.0. The third kappa shape index (κ3) is 4.01. The summed E-state index contributed by atoms with van der Waals surface area (Å²) < 4.78 is 0. The highest BCUT2D eigenvalue weighted by molar-refractivity contribution is 4.95. The molecule has 0 heteroatoms. The van der Waals surface area contributed by atoms with Crippen molar-refractivity contribution in [2.24, 2.45) is 5.92 Å². The van der Waals surface area contributed by atoms with Gasteiger partial charge in [0.05, 0.1) is 0 Å². The average molecular weight is 124 g/mol. The minimum absolute atomic E-state index is 0.597. The Morgan fingerprint density at radius 1 is 1.56 bits per heavy atom. The average Bonchev–Trinajstić information content (AvgIpc) is 1.88. The first kappa shape index (κ1) is 8.48. The van der Waals surface area contributed by atoms with Crippen molar-refractivity contribution in [2.45, 2.75) is 26.7 Å². The van der Waals surface area contributed by atoms with E-state index in [0.29, 0.717) is 5.92 Å². The highest BCUT2D eigenvalue weighted by Crippen LogP contribution is 2.07. The molecule has 0 aromatic heterocycles. The fraction of sp³-hybridized carbons (Fsp3) is 0.556. The summed E-state index contributed by atoms with van der Waals surface area (Å²) in [4.78, 5) is 0. The zero-order valence-electron chi connectivity index (χ0n) is 6.43. The van der Waals surface area contributed by atoms with Crippen LogP contribution in [0.5, 0.6) is 0 Å². The summed E-state index contributed by atoms with van der Waals surface area (Å²) in [5.41, 5.74) is 0. The second-order valence-electron chi connectivity index (χ2n) is 2.21. The third-order valence-corrected chi connectivity index (χ3v) is 1.36. The Labute approximate surface area is 58.3 Å². The van der Waals surface area contributed by atoms with Gasteiger partial charge in [-0.2, -0.15) is 0 Å². The molecule has 0 radical (unpaired) electrons. The van der Waals surface area contributed by atoms with Crippen LogP contribution in [0, 0.1) is 5.92 Å². The highest BCUT2D eigenvalue weighted by Gasteiger charge is 1.93. The van der Waals surface area contributed by atoms with Gasteiger partial charge in [0.1, 0.15) is 0 Å². The molecule has 0 bridgehead atoms. The summed E-state index contributed by atoms with van der Waals surface area (Å²) in [5, 5.41) is 0. The maximum absolute atomic E-state index is 3.75. The second kappa shape index (κ2) is 5.61. The van der Waals surface area contributed by atoms with E-state index in [4.69, 9.17) is 0 Å². The quantitative estimate of drug-likeness (QED) is 0.505. The first-order valence-corrected chi connectivity index (χ1v) is 3.60. The Kier molecular flexibility index (Phi) is 5.29. The van der Waals surface area contributed by atoms with E-state index in [1.807, 2.05) is 13.0 Å². The van der Waals surface area contributed by atoms with Crippen molar-refractivity contribution in [1.29, 1.82) is 0 Å². The van der Waals surface area contributed by atoms with E-state index in [-0.39, 0.29) is 0 Å². The first-order chi connectivity index (χ1) is 4.35. The molecule has 1 unspecified atom stereocenters. The lowest BCUT2D eigenvalue weighted by Gasteiger charge is -2.02. The molecule has 0 aliphatic heterocycles. The summed E-state index contributed by atoms with van der Waals surface area (Å²) in [6.45, 7) is 7.99. The molecule has 0 saturated heterocycles. The number of rotatable bonds is 4. The molecule has 0 saturated carbocycles. The van der Waals surface area contributed by atoms with Crippen molar-refractivity contribution in [1.82, 2.24) is 0 Å². The Balaban J connectivity index is 3.53. The molecule has 0 amide bonds. The van der Waals surface area contributed by atoms with Gasteiger partial charge >= 0.3 is 0 Å². The van der Waals surface area contributed by atoms with Crippen LogP contribution in [0.15, 0.2) is 24.8 Å². The molecule has 0 heterocycles. The van der Waals surface area contributed by atoms with Gasteiger partial charge in [-0.3, -0.25) is 0 Å². The standard InChI is InChI=1S/C9H16/c1-4-7-9(6-3)8-5-2/h4,6-7,9H,3,5,8H2,1-2H3. The summed E-state index contributed by atoms with van der Waals surface area (Å²) in [7, 11) is 0. The lowest BCUT2D eigenvalue weighted by molar-refractivity contribution is 0.691. The number of hydrogen-bond donors (Lipinski definition) is 0. The van der Waals surface area contributed by atoms with Crippen LogP contribution in [0.4, 0.5) is 0 Å². The van der Waals surface area contributed by atoms with Gasteiger partial charge in [0.15, 0.2) is 0 Å². The van der Waals surface area contributed by atoms with Crippen LogP contribution in [0.3, 0.4) is 0 Å². The zero-order valence-corrected chi connectivity index (χ0v) is 6.43. The molecule has 0 aliphatic rings. The lowest BCUT2D eigenvalue weighted by Crippen LogP contribution is -1.88. The van der Waals surface area contributed by atoms with E-state index in [0.717, 1.165) is 0 Å². The summed E-state index contributed by atoms with van der Waals surface area (Å²) in [5.74, 6) is 0.597. The van der Waals surface area contributed by atoms with E-state index < -0.39 is 0 Å². The van der Waals surface area contributed by atoms with Gasteiger partial charge in [-0.25, -0.2) is 0 Å². The monoisotopic (exact) mass is 124 g/mol. The molecule has 0 rings (SSSR count). The predicted octanol–water partition coefficient (Wildman–Crippen LogP) is 3.16. The zero-order chi connectivity index (χ0) is 7.11. The Morgan fingerprint density at radius 3 is 2.56 bits per heavy atom. The van der Waals surface area contributed by atoms with Crippen LogP contribution in [0.1, 0.15) is 26.7 Å². The Hall–Kier alpha value is -0.520. The van der Waals surface area contributed by atoms with E-state index in [2.05, 4.69) is 25.7 Å². The van der Waals surface area contributed by atoms with Crippen molar-refractivity contribution in [3.8, 4) is 0 Å². The largest absolute Gasteiger partial charge is 0.102 e. The minimum atomic E-state index is 0.597. The molecule has 0 fully saturated rings. The van der Waals surface area contributed by atoms with E-state index in [1.165, 1.54) is 12.8 Å². The molecule has 52 valence electrons. The van der Waals surface area contributed by atoms with Crippen LogP contribution < -0.4 is 0 Å². The van der Waals surface area contributed by atoms with Gasteiger partial charge in [0, 0.05) is 0 Å². The molecule has 0 N–H and O–H groups in total. The van der Waals surface area contributed by atoms with Crippen molar-refractivity contribution in [2.75, 3.05) is 0 Å². The topological polar surface area (TPSA) is 0 Å². The van der Waals surface area contributed by atoms with Crippen molar-refractivity contribution in [3.63, 3.8) is 0 Å². The second-order valence-corrected chi connectivity index (χ2v) is 2.21. The summed E-state index contributed by atoms with van der Waals surface area (Å²) >= 11 is 0. The van der Waals surface area contributed by atoms with Gasteiger partial charge in [0.25, 0.3) is 0 Å². The van der Waals surface area contributed by atoms with E-state index in [9.17, 15) is 0 Å². The van der Waals surface area contributed by atoms with Crippen LogP contribution in [-0.2, 0) is 0 Å². The van der Waals surface area contributed by atoms with Crippen LogP contribution in [0.2, 0.25) is 0 Å². The molecule has 0 aromatic rings. The highest BCUT2D eigenvalue weighted by atomic mass is 14.0. The van der Waals surface area contributed by atoms with Gasteiger partial charge in [-0.1, -0.05) is 31.6 Å². The smallest absolute Gasteiger partial charge is 0.00564 e. The minimum Gasteiger partial charge on any atom is -0.102 e.